The van der Waals surface area contributed by atoms with Gasteiger partial charge in [0.05, 0.1) is 0 Å². The van der Waals surface area contributed by atoms with Crippen molar-refractivity contribution in [3.63, 3.8) is 0 Å². The maximum atomic E-state index is 10.1. The van der Waals surface area contributed by atoms with Crippen molar-refractivity contribution >= 4 is 0 Å². The normalized spacial score (nSPS) is 46.6. The highest BCUT2D eigenvalue weighted by molar-refractivity contribution is 5.43. The Kier molecular flexibility index (Phi) is 2.95. The second-order valence-electron chi connectivity index (χ2n) is 8.85. The van der Waals surface area contributed by atoms with Crippen molar-refractivity contribution < 1.29 is 10.2 Å². The van der Waals surface area contributed by atoms with Gasteiger partial charge in [-0.3, -0.25) is 0 Å². The van der Waals surface area contributed by atoms with Crippen LogP contribution in [0.25, 0.3) is 0 Å². The van der Waals surface area contributed by atoms with E-state index in [-0.39, 0.29) is 5.41 Å². The molecule has 0 heterocycles. The Balaban J connectivity index is 1.80. The molecule has 3 saturated carbocycles. The summed E-state index contributed by atoms with van der Waals surface area (Å²) >= 11 is 0. The summed E-state index contributed by atoms with van der Waals surface area (Å²) < 4.78 is 0. The molecule has 4 atom stereocenters. The quantitative estimate of drug-likeness (QED) is 0.602. The number of aliphatic hydroxyl groups is 2. The summed E-state index contributed by atoms with van der Waals surface area (Å²) in [4.78, 5) is 0. The number of rotatable bonds is 0. The summed E-state index contributed by atoms with van der Waals surface area (Å²) in [5, 5.41) is 20.1. The number of allylic oxidation sites excluding steroid dienone is 2. The van der Waals surface area contributed by atoms with Gasteiger partial charge in [-0.2, -0.15) is 0 Å². The maximum absolute atomic E-state index is 10.1. The van der Waals surface area contributed by atoms with Crippen LogP contribution in [-0.2, 0) is 0 Å². The number of hydrogen-bond acceptors (Lipinski definition) is 3. The monoisotopic (exact) mass is 303 g/mol. The molecule has 122 valence electrons. The molecule has 3 fully saturated rings. The molecule has 4 rings (SSSR count). The van der Waals surface area contributed by atoms with Crippen molar-refractivity contribution in [3.05, 3.63) is 22.9 Å². The first-order valence-corrected chi connectivity index (χ1v) is 8.91. The predicted molar refractivity (Wildman–Crippen MR) is 86.6 cm³/mol. The molecule has 0 radical (unpaired) electrons. The number of hydrogen-bond donors (Lipinski definition) is 3. The molecule has 3 heteroatoms. The summed E-state index contributed by atoms with van der Waals surface area (Å²) in [6.45, 7) is 4.79. The summed E-state index contributed by atoms with van der Waals surface area (Å²) in [6.07, 6.45) is 10.2. The van der Waals surface area contributed by atoms with Crippen molar-refractivity contribution in [3.8, 4) is 0 Å². The minimum atomic E-state index is -1.54. The lowest BCUT2D eigenvalue weighted by molar-refractivity contribution is -0.183. The number of nitrogens with two attached hydrogens (primary N) is 1. The minimum Gasteiger partial charge on any atom is -0.399 e. The fourth-order valence-corrected chi connectivity index (χ4v) is 6.10. The van der Waals surface area contributed by atoms with E-state index in [1.54, 1.807) is 0 Å². The summed E-state index contributed by atoms with van der Waals surface area (Å²) in [6, 6.07) is 0. The van der Waals surface area contributed by atoms with Gasteiger partial charge in [0.25, 0.3) is 0 Å². The molecule has 4 N–H and O–H groups in total. The lowest BCUT2D eigenvalue weighted by Gasteiger charge is -2.55. The van der Waals surface area contributed by atoms with Crippen LogP contribution in [0.3, 0.4) is 0 Å². The summed E-state index contributed by atoms with van der Waals surface area (Å²) in [5.41, 5.74) is 10.6. The molecular formula is C19H29NO2. The van der Waals surface area contributed by atoms with Crippen molar-refractivity contribution in [1.82, 2.24) is 0 Å². The van der Waals surface area contributed by atoms with E-state index in [4.69, 9.17) is 5.73 Å². The van der Waals surface area contributed by atoms with E-state index in [0.29, 0.717) is 30.1 Å². The van der Waals surface area contributed by atoms with Gasteiger partial charge in [-0.15, -0.1) is 0 Å². The molecule has 0 unspecified atom stereocenters. The van der Waals surface area contributed by atoms with Crippen LogP contribution in [0.5, 0.6) is 0 Å². The Labute approximate surface area is 133 Å². The van der Waals surface area contributed by atoms with Crippen LogP contribution in [0.15, 0.2) is 22.9 Å². The van der Waals surface area contributed by atoms with Gasteiger partial charge in [0.1, 0.15) is 0 Å². The Hall–Kier alpha value is -0.800. The summed E-state index contributed by atoms with van der Waals surface area (Å²) in [5.74, 6) is -0.379. The molecule has 4 aliphatic carbocycles. The molecule has 0 aromatic heterocycles. The Morgan fingerprint density at radius 2 is 1.82 bits per heavy atom. The first-order valence-electron chi connectivity index (χ1n) is 8.91. The highest BCUT2D eigenvalue weighted by atomic mass is 16.5. The van der Waals surface area contributed by atoms with E-state index in [1.807, 2.05) is 0 Å². The summed E-state index contributed by atoms with van der Waals surface area (Å²) in [7, 11) is 0. The van der Waals surface area contributed by atoms with E-state index in [1.165, 1.54) is 37.7 Å². The van der Waals surface area contributed by atoms with Gasteiger partial charge in [0, 0.05) is 18.5 Å². The first kappa shape index (κ1) is 14.8. The van der Waals surface area contributed by atoms with Crippen LogP contribution in [0, 0.1) is 22.7 Å². The van der Waals surface area contributed by atoms with Crippen LogP contribution in [0.1, 0.15) is 65.2 Å². The van der Waals surface area contributed by atoms with Gasteiger partial charge in [-0.25, -0.2) is 0 Å². The molecule has 0 aromatic rings. The van der Waals surface area contributed by atoms with E-state index < -0.39 is 5.79 Å². The van der Waals surface area contributed by atoms with Gasteiger partial charge in [-0.05, 0) is 66.4 Å². The molecule has 22 heavy (non-hydrogen) atoms. The van der Waals surface area contributed by atoms with Crippen LogP contribution in [0.2, 0.25) is 0 Å². The largest absolute Gasteiger partial charge is 0.399 e. The molecular weight excluding hydrogens is 274 g/mol. The van der Waals surface area contributed by atoms with Crippen molar-refractivity contribution in [2.24, 2.45) is 28.4 Å². The Morgan fingerprint density at radius 1 is 1.05 bits per heavy atom. The average molecular weight is 303 g/mol. The van der Waals surface area contributed by atoms with Crippen molar-refractivity contribution in [2.45, 2.75) is 71.0 Å². The molecule has 4 aliphatic rings. The van der Waals surface area contributed by atoms with Crippen LogP contribution in [-0.4, -0.2) is 16.0 Å². The van der Waals surface area contributed by atoms with Crippen LogP contribution < -0.4 is 5.73 Å². The molecule has 0 spiro atoms. The van der Waals surface area contributed by atoms with E-state index in [0.717, 1.165) is 17.7 Å². The highest BCUT2D eigenvalue weighted by Crippen LogP contribution is 2.64. The van der Waals surface area contributed by atoms with E-state index in [9.17, 15) is 10.2 Å². The lowest BCUT2D eigenvalue weighted by Crippen LogP contribution is -2.49. The van der Waals surface area contributed by atoms with Gasteiger partial charge in [0.15, 0.2) is 5.79 Å². The standard InChI is InChI=1S/C19H29NO2/c1-17-6-3-4-13(17)16-14(5-7-17)18(2)8-9-19(21,22)11-12(18)10-15(16)20/h10,13-14,21-22H,3-9,11,20H2,1-2H3/t13-,14-,17-,18-/m0/s1. The molecule has 0 aromatic carbocycles. The second kappa shape index (κ2) is 4.39. The average Bonchev–Trinajstić information content (AvgIpc) is 2.82. The van der Waals surface area contributed by atoms with E-state index >= 15 is 0 Å². The van der Waals surface area contributed by atoms with Crippen molar-refractivity contribution in [2.75, 3.05) is 0 Å². The SMILES string of the molecule is C[C@@]12CCC[C@H]1C1=C(N)C=C3CC(O)(O)CC[C@]3(C)[C@H]1CC2. The maximum Gasteiger partial charge on any atom is 0.166 e. The van der Waals surface area contributed by atoms with Crippen LogP contribution in [0.4, 0.5) is 0 Å². The zero-order chi connectivity index (χ0) is 15.8. The van der Waals surface area contributed by atoms with E-state index in [2.05, 4.69) is 19.9 Å². The second-order valence-corrected chi connectivity index (χ2v) is 8.85. The predicted octanol–water partition coefficient (Wildman–Crippen LogP) is 3.23. The molecule has 0 aliphatic heterocycles. The molecule has 0 amide bonds. The third-order valence-electron chi connectivity index (χ3n) is 7.52. The molecule has 3 nitrogen and oxygen atoms in total. The third-order valence-corrected chi connectivity index (χ3v) is 7.52. The zero-order valence-electron chi connectivity index (χ0n) is 13.9. The topological polar surface area (TPSA) is 66.5 Å². The van der Waals surface area contributed by atoms with Gasteiger partial charge in [-0.1, -0.05) is 25.8 Å². The molecule has 0 saturated heterocycles. The van der Waals surface area contributed by atoms with Crippen molar-refractivity contribution in [1.29, 1.82) is 0 Å². The minimum absolute atomic E-state index is 0.0804. The molecule has 0 bridgehead atoms. The first-order chi connectivity index (χ1) is 10.3. The fraction of sp³-hybridized carbons (Fsp3) is 0.789. The number of fused-ring (bicyclic) bond motifs is 5. The Morgan fingerprint density at radius 3 is 2.59 bits per heavy atom. The smallest absolute Gasteiger partial charge is 0.166 e. The van der Waals surface area contributed by atoms with Gasteiger partial charge >= 0.3 is 0 Å². The fourth-order valence-electron chi connectivity index (χ4n) is 6.10. The lowest BCUT2D eigenvalue weighted by atomic mass is 9.50. The Bertz CT molecular complexity index is 576. The van der Waals surface area contributed by atoms with Crippen LogP contribution >= 0.6 is 0 Å². The van der Waals surface area contributed by atoms with Gasteiger partial charge in [0.2, 0.25) is 0 Å². The highest BCUT2D eigenvalue weighted by Gasteiger charge is 2.55. The third kappa shape index (κ3) is 1.88. The zero-order valence-corrected chi connectivity index (χ0v) is 13.9. The van der Waals surface area contributed by atoms with Gasteiger partial charge < -0.3 is 15.9 Å².